The number of amides is 2. The number of aliphatic hydroxyl groups excluding tert-OH is 2. The third-order valence-electron chi connectivity index (χ3n) is 4.04. The van der Waals surface area contributed by atoms with Crippen molar-refractivity contribution < 1.29 is 43.7 Å². The predicted molar refractivity (Wildman–Crippen MR) is 146 cm³/mol. The fourth-order valence-electron chi connectivity index (χ4n) is 2.61. The molecule has 1 atom stereocenters. The van der Waals surface area contributed by atoms with E-state index < -0.39 is 41.7 Å². The lowest BCUT2D eigenvalue weighted by Gasteiger charge is -2.25. The van der Waals surface area contributed by atoms with Gasteiger partial charge in [-0.3, -0.25) is 24.0 Å². The summed E-state index contributed by atoms with van der Waals surface area (Å²) in [5, 5.41) is 20.2. The smallest absolute Gasteiger partial charge is 0.303 e. The van der Waals surface area contributed by atoms with Crippen LogP contribution in [0.25, 0.3) is 0 Å². The topological polar surface area (TPSA) is 160 Å². The van der Waals surface area contributed by atoms with Gasteiger partial charge in [0.15, 0.2) is 0 Å². The molecule has 0 saturated heterocycles. The molecule has 0 heterocycles. The average molecular weight is 837 g/mol. The highest BCUT2D eigenvalue weighted by atomic mass is 127. The van der Waals surface area contributed by atoms with Crippen LogP contribution in [-0.4, -0.2) is 83.1 Å². The number of benzene rings is 1. The zero-order chi connectivity index (χ0) is 26.2. The summed E-state index contributed by atoms with van der Waals surface area (Å²) in [6.07, 6.45) is -1.50. The molecule has 0 aromatic heterocycles. The lowest BCUT2D eigenvalue weighted by molar-refractivity contribution is -0.160. The predicted octanol–water partition coefficient (Wildman–Crippen LogP) is 1.74. The van der Waals surface area contributed by atoms with Crippen molar-refractivity contribution in [2.24, 2.45) is 0 Å². The minimum Gasteiger partial charge on any atom is -0.461 e. The largest absolute Gasteiger partial charge is 0.461 e. The number of anilines is 1. The first-order valence-corrected chi connectivity index (χ1v) is 13.0. The van der Waals surface area contributed by atoms with Crippen LogP contribution in [0.15, 0.2) is 0 Å². The molecular formula is C19H20ClI3N2O9. The number of nitrogens with one attached hydrogen (secondary N) is 1. The van der Waals surface area contributed by atoms with E-state index in [0.717, 1.165) is 13.8 Å². The molecule has 1 unspecified atom stereocenters. The average Bonchev–Trinajstić information content (AvgIpc) is 2.73. The summed E-state index contributed by atoms with van der Waals surface area (Å²) in [5.74, 6) is -2.98. The lowest BCUT2D eigenvalue weighted by atomic mass is 10.1. The van der Waals surface area contributed by atoms with Gasteiger partial charge in [0, 0.05) is 30.5 Å². The van der Waals surface area contributed by atoms with Gasteiger partial charge in [0.25, 0.3) is 17.1 Å². The van der Waals surface area contributed by atoms with Gasteiger partial charge in [0.2, 0.25) is 6.10 Å². The van der Waals surface area contributed by atoms with Crippen molar-refractivity contribution in [3.8, 4) is 0 Å². The fourth-order valence-corrected chi connectivity index (χ4v) is 7.50. The van der Waals surface area contributed by atoms with Gasteiger partial charge in [-0.2, -0.15) is 0 Å². The monoisotopic (exact) mass is 836 g/mol. The van der Waals surface area contributed by atoms with E-state index >= 15 is 0 Å². The second-order valence-corrected chi connectivity index (χ2v) is 10.0. The minimum atomic E-state index is -1.50. The molecule has 0 spiro atoms. The molecule has 0 aliphatic rings. The molecule has 188 valence electrons. The Morgan fingerprint density at radius 2 is 1.47 bits per heavy atom. The van der Waals surface area contributed by atoms with Gasteiger partial charge in [0.05, 0.1) is 37.2 Å². The van der Waals surface area contributed by atoms with Crippen LogP contribution in [0.1, 0.15) is 34.6 Å². The van der Waals surface area contributed by atoms with Crippen molar-refractivity contribution >= 4 is 114 Å². The highest BCUT2D eigenvalue weighted by Gasteiger charge is 2.32. The number of halogens is 4. The van der Waals surface area contributed by atoms with Crippen LogP contribution in [0.5, 0.6) is 0 Å². The lowest BCUT2D eigenvalue weighted by Crippen LogP contribution is -2.38. The summed E-state index contributed by atoms with van der Waals surface area (Å²) in [5.41, 5.74) is 0.0256. The quantitative estimate of drug-likeness (QED) is 0.172. The van der Waals surface area contributed by atoms with Crippen LogP contribution in [0.4, 0.5) is 5.69 Å². The molecule has 34 heavy (non-hydrogen) atoms. The molecule has 15 heteroatoms. The molecule has 1 aromatic carbocycles. The van der Waals surface area contributed by atoms with Gasteiger partial charge in [-0.25, -0.2) is 0 Å². The van der Waals surface area contributed by atoms with Crippen LogP contribution < -0.4 is 5.32 Å². The van der Waals surface area contributed by atoms with E-state index in [2.05, 4.69) is 5.32 Å². The third-order valence-corrected chi connectivity index (χ3v) is 7.47. The summed E-state index contributed by atoms with van der Waals surface area (Å²) >= 11 is 11.2. The minimum absolute atomic E-state index is 0.0202. The number of esters is 2. The van der Waals surface area contributed by atoms with Crippen molar-refractivity contribution in [3.63, 3.8) is 0 Å². The Balaban J connectivity index is 3.60. The van der Waals surface area contributed by atoms with E-state index in [-0.39, 0.29) is 53.8 Å². The Hall–Kier alpha value is -0.830. The maximum Gasteiger partial charge on any atom is 0.303 e. The van der Waals surface area contributed by atoms with Crippen molar-refractivity contribution in [1.82, 2.24) is 4.90 Å². The molecule has 1 rings (SSSR count). The number of carbonyl (C=O) groups is 5. The van der Waals surface area contributed by atoms with E-state index in [1.807, 2.05) is 22.6 Å². The first kappa shape index (κ1) is 31.2. The summed E-state index contributed by atoms with van der Waals surface area (Å²) < 4.78 is 10.4. The Morgan fingerprint density at radius 1 is 0.941 bits per heavy atom. The fraction of sp³-hybridized carbons (Fsp3) is 0.421. The zero-order valence-electron chi connectivity index (χ0n) is 17.8. The number of ether oxygens (including phenoxy) is 2. The number of nitrogens with zero attached hydrogens (tertiary/aromatic N) is 1. The van der Waals surface area contributed by atoms with Gasteiger partial charge in [-0.1, -0.05) is 0 Å². The maximum atomic E-state index is 13.2. The first-order chi connectivity index (χ1) is 15.9. The number of carbonyl (C=O) groups excluding carboxylic acids is 5. The second-order valence-electron chi connectivity index (χ2n) is 6.47. The summed E-state index contributed by atoms with van der Waals surface area (Å²) in [7, 11) is 0. The van der Waals surface area contributed by atoms with E-state index in [1.54, 1.807) is 45.2 Å². The third kappa shape index (κ3) is 8.38. The maximum absolute atomic E-state index is 13.2. The molecular weight excluding hydrogens is 816 g/mol. The summed E-state index contributed by atoms with van der Waals surface area (Å²) in [4.78, 5) is 62.1. The van der Waals surface area contributed by atoms with Crippen LogP contribution in [0.2, 0.25) is 0 Å². The molecule has 0 fully saturated rings. The molecule has 0 aliphatic heterocycles. The molecule has 0 aliphatic carbocycles. The summed E-state index contributed by atoms with van der Waals surface area (Å²) in [6, 6.07) is 0. The Bertz CT molecular complexity index is 984. The number of hydrogen-bond acceptors (Lipinski definition) is 9. The normalized spacial score (nSPS) is 11.4. The Kier molecular flexibility index (Phi) is 13.5. The summed E-state index contributed by atoms with van der Waals surface area (Å²) in [6.45, 7) is 0.744. The highest BCUT2D eigenvalue weighted by molar-refractivity contribution is 14.1. The first-order valence-electron chi connectivity index (χ1n) is 9.39. The van der Waals surface area contributed by atoms with E-state index in [9.17, 15) is 34.2 Å². The van der Waals surface area contributed by atoms with Gasteiger partial charge in [0.1, 0.15) is 6.61 Å². The molecule has 3 N–H and O–H groups in total. The van der Waals surface area contributed by atoms with Crippen molar-refractivity contribution in [3.05, 3.63) is 21.8 Å². The highest BCUT2D eigenvalue weighted by Crippen LogP contribution is 2.37. The van der Waals surface area contributed by atoms with Crippen LogP contribution in [0.3, 0.4) is 0 Å². The molecule has 11 nitrogen and oxygen atoms in total. The van der Waals surface area contributed by atoms with Crippen LogP contribution in [-0.2, 0) is 23.9 Å². The van der Waals surface area contributed by atoms with Crippen molar-refractivity contribution in [1.29, 1.82) is 0 Å². The SMILES string of the molecule is CC(=O)OCC(OC(C)=O)C(=O)Nc1c(I)c(C(=O)Cl)c(I)c(C(=O)N(CCO)CCO)c1I. The molecule has 2 amide bonds. The Labute approximate surface area is 240 Å². The second kappa shape index (κ2) is 14.7. The van der Waals surface area contributed by atoms with Crippen LogP contribution in [0, 0.1) is 10.7 Å². The molecule has 1 aromatic rings. The number of rotatable bonds is 11. The van der Waals surface area contributed by atoms with Gasteiger partial charge < -0.3 is 29.9 Å². The molecule has 0 saturated carbocycles. The van der Waals surface area contributed by atoms with E-state index in [0.29, 0.717) is 0 Å². The van der Waals surface area contributed by atoms with Crippen molar-refractivity contribution in [2.45, 2.75) is 20.0 Å². The number of hydrogen-bond donors (Lipinski definition) is 3. The molecule has 0 radical (unpaired) electrons. The zero-order valence-corrected chi connectivity index (χ0v) is 25.1. The van der Waals surface area contributed by atoms with E-state index in [4.69, 9.17) is 21.1 Å². The van der Waals surface area contributed by atoms with Gasteiger partial charge in [-0.05, 0) is 79.4 Å². The van der Waals surface area contributed by atoms with Gasteiger partial charge >= 0.3 is 11.9 Å². The van der Waals surface area contributed by atoms with Crippen molar-refractivity contribution in [2.75, 3.05) is 38.2 Å². The van der Waals surface area contributed by atoms with E-state index in [1.165, 1.54) is 4.90 Å². The van der Waals surface area contributed by atoms with Crippen LogP contribution >= 0.6 is 79.4 Å². The number of aliphatic hydroxyl groups is 2. The Morgan fingerprint density at radius 3 is 1.91 bits per heavy atom. The molecule has 0 bridgehead atoms. The van der Waals surface area contributed by atoms with Gasteiger partial charge in [-0.15, -0.1) is 0 Å². The standard InChI is InChI=1S/C19H20ClI3N2O9/c1-8(28)33-7-10(34-9(2)29)18(31)24-16-14(22)11(17(20)30)13(21)12(15(16)23)19(32)25(3-5-26)4-6-27/h10,26-27H,3-7H2,1-2H3,(H,24,31).